The number of nitro groups is 2. The van der Waals surface area contributed by atoms with E-state index in [4.69, 9.17) is 14.4 Å². The second kappa shape index (κ2) is 13.4. The third-order valence-electron chi connectivity index (χ3n) is 6.16. The van der Waals surface area contributed by atoms with Crippen molar-refractivity contribution < 1.29 is 13.5 Å². The van der Waals surface area contributed by atoms with Gasteiger partial charge in [-0.2, -0.15) is 0 Å². The van der Waals surface area contributed by atoms with Crippen LogP contribution in [0.15, 0.2) is 109 Å². The summed E-state index contributed by atoms with van der Waals surface area (Å²) in [6.07, 6.45) is 2.43. The van der Waals surface area contributed by atoms with Crippen LogP contribution in [0, 0.1) is 31.0 Å². The molecule has 0 aromatic heterocycles. The first-order valence-electron chi connectivity index (χ1n) is 11.5. The van der Waals surface area contributed by atoms with E-state index in [-0.39, 0.29) is 23.8 Å². The Morgan fingerprint density at radius 2 is 0.875 bits per heavy atom. The number of rotatable bonds is 12. The van der Waals surface area contributed by atoms with E-state index in [0.29, 0.717) is 11.1 Å². The van der Waals surface area contributed by atoms with Crippen molar-refractivity contribution in [2.24, 2.45) is 0 Å². The van der Waals surface area contributed by atoms with E-state index in [1.807, 2.05) is 60.7 Å². The van der Waals surface area contributed by atoms with E-state index in [2.05, 4.69) is 0 Å². The number of hydrogen-bond donors (Lipinski definition) is 2. The standard InChI is InChI=1S/C28H22N4O5S2.ClH/c29-19-27(21-7-3-1-4-8-21,23-11-15-25(16-12-23)31(33)34)38-37-39-28(20-30,22-9-5-2-6-10-22)24-13-17-26(18-14-24)32(35)36;/h1-20,29-30H;1H. The second-order valence-electron chi connectivity index (χ2n) is 8.33. The Bertz CT molecular complexity index is 1370. The lowest BCUT2D eigenvalue weighted by atomic mass is 9.91. The molecule has 0 aliphatic carbocycles. The number of nitrogens with one attached hydrogen (secondary N) is 2. The Kier molecular flexibility index (Phi) is 10.2. The fourth-order valence-electron chi connectivity index (χ4n) is 4.06. The monoisotopic (exact) mass is 594 g/mol. The highest BCUT2D eigenvalue weighted by Gasteiger charge is 2.39. The number of benzene rings is 4. The zero-order valence-electron chi connectivity index (χ0n) is 20.7. The topological polar surface area (TPSA) is 143 Å². The van der Waals surface area contributed by atoms with Crippen LogP contribution in [0.25, 0.3) is 0 Å². The van der Waals surface area contributed by atoms with Crippen molar-refractivity contribution in [2.75, 3.05) is 0 Å². The van der Waals surface area contributed by atoms with Gasteiger partial charge in [0.15, 0.2) is 0 Å². The molecule has 0 bridgehead atoms. The third kappa shape index (κ3) is 6.07. The Labute approximate surface area is 245 Å². The molecule has 204 valence electrons. The molecular formula is C28H23ClN4O5S2. The van der Waals surface area contributed by atoms with Gasteiger partial charge in [0.1, 0.15) is 9.49 Å². The highest BCUT2D eigenvalue weighted by atomic mass is 35.5. The van der Waals surface area contributed by atoms with Gasteiger partial charge in [0, 0.05) is 60.8 Å². The molecule has 12 heteroatoms. The van der Waals surface area contributed by atoms with Gasteiger partial charge in [0.2, 0.25) is 0 Å². The fraction of sp³-hybridized carbons (Fsp3) is 0.0714. The Balaban J connectivity index is 0.00000441. The predicted molar refractivity (Wildman–Crippen MR) is 162 cm³/mol. The van der Waals surface area contributed by atoms with Gasteiger partial charge in [0.25, 0.3) is 11.4 Å². The maximum atomic E-state index is 11.2. The van der Waals surface area contributed by atoms with E-state index >= 15 is 0 Å². The van der Waals surface area contributed by atoms with Gasteiger partial charge >= 0.3 is 0 Å². The van der Waals surface area contributed by atoms with E-state index in [1.54, 1.807) is 24.3 Å². The molecule has 2 unspecified atom stereocenters. The van der Waals surface area contributed by atoms with Gasteiger partial charge in [-0.15, -0.1) is 12.4 Å². The summed E-state index contributed by atoms with van der Waals surface area (Å²) in [5, 5.41) is 39.3. The highest BCUT2D eigenvalue weighted by molar-refractivity contribution is 8.09. The minimum atomic E-state index is -1.16. The van der Waals surface area contributed by atoms with Crippen LogP contribution in [-0.2, 0) is 13.1 Å². The maximum absolute atomic E-state index is 11.2. The maximum Gasteiger partial charge on any atom is 0.269 e. The Morgan fingerprint density at radius 3 is 1.15 bits per heavy atom. The van der Waals surface area contributed by atoms with Crippen LogP contribution in [0.5, 0.6) is 0 Å². The number of non-ortho nitro benzene ring substituents is 2. The summed E-state index contributed by atoms with van der Waals surface area (Å²) in [6, 6.07) is 30.3. The van der Waals surface area contributed by atoms with Gasteiger partial charge in [-0.3, -0.25) is 20.2 Å². The van der Waals surface area contributed by atoms with E-state index in [9.17, 15) is 20.2 Å². The van der Waals surface area contributed by atoms with Crippen LogP contribution in [0.4, 0.5) is 11.4 Å². The number of nitro benzene ring substituents is 2. The zero-order valence-corrected chi connectivity index (χ0v) is 23.2. The van der Waals surface area contributed by atoms with E-state index < -0.39 is 19.3 Å². The summed E-state index contributed by atoms with van der Waals surface area (Å²) in [6.45, 7) is 0. The molecule has 0 radical (unpaired) electrons. The van der Waals surface area contributed by atoms with E-state index in [0.717, 1.165) is 35.2 Å². The molecule has 0 fully saturated rings. The summed E-state index contributed by atoms with van der Waals surface area (Å²) in [7, 11) is 0. The number of hydrogen-bond acceptors (Lipinski definition) is 9. The average molecular weight is 595 g/mol. The molecule has 0 aliphatic rings. The molecule has 0 spiro atoms. The molecule has 40 heavy (non-hydrogen) atoms. The van der Waals surface area contributed by atoms with Crippen LogP contribution >= 0.6 is 36.5 Å². The van der Waals surface area contributed by atoms with Crippen LogP contribution in [0.3, 0.4) is 0 Å². The van der Waals surface area contributed by atoms with Crippen LogP contribution < -0.4 is 0 Å². The first-order valence-corrected chi connectivity index (χ1v) is 13.0. The van der Waals surface area contributed by atoms with Crippen molar-refractivity contribution in [3.63, 3.8) is 0 Å². The smallest absolute Gasteiger partial charge is 0.269 e. The Hall–Kier alpha value is -4.03. The van der Waals surface area contributed by atoms with Crippen molar-refractivity contribution in [3.05, 3.63) is 152 Å². The number of nitrogens with zero attached hydrogens (tertiary/aromatic N) is 2. The first-order chi connectivity index (χ1) is 18.9. The summed E-state index contributed by atoms with van der Waals surface area (Å²) < 4.78 is 3.86. The molecule has 0 heterocycles. The quantitative estimate of drug-likeness (QED) is 0.0739. The zero-order chi connectivity index (χ0) is 27.9. The summed E-state index contributed by atoms with van der Waals surface area (Å²) in [5.74, 6) is 0. The normalized spacial score (nSPS) is 13.6. The molecule has 0 saturated carbocycles. The van der Waals surface area contributed by atoms with Crippen molar-refractivity contribution in [2.45, 2.75) is 9.49 Å². The lowest BCUT2D eigenvalue weighted by molar-refractivity contribution is -0.385. The first kappa shape index (κ1) is 30.5. The molecular weight excluding hydrogens is 572 g/mol. The molecule has 4 rings (SSSR count). The Morgan fingerprint density at radius 1 is 0.575 bits per heavy atom. The van der Waals surface area contributed by atoms with Gasteiger partial charge in [0.05, 0.1) is 9.85 Å². The van der Waals surface area contributed by atoms with E-state index in [1.165, 1.54) is 36.7 Å². The number of halogens is 1. The second-order valence-corrected chi connectivity index (χ2v) is 10.5. The fourth-order valence-corrected chi connectivity index (χ4v) is 6.08. The molecule has 4 aromatic carbocycles. The lowest BCUT2D eigenvalue weighted by Crippen LogP contribution is -2.28. The van der Waals surface area contributed by atoms with Crippen molar-refractivity contribution in [1.29, 1.82) is 10.8 Å². The van der Waals surface area contributed by atoms with Gasteiger partial charge < -0.3 is 10.8 Å². The molecule has 0 saturated heterocycles. The summed E-state index contributed by atoms with van der Waals surface area (Å²) >= 11 is 1.94. The SMILES string of the molecule is Cl.N=CC(SOSC(C=N)(c1ccccc1)c1ccc([N+](=O)[O-])cc1)(c1ccccc1)c1ccc([N+](=O)[O-])cc1. The van der Waals surface area contributed by atoms with Crippen molar-refractivity contribution in [1.82, 2.24) is 0 Å². The van der Waals surface area contributed by atoms with Crippen LogP contribution in [0.2, 0.25) is 0 Å². The van der Waals surface area contributed by atoms with Crippen LogP contribution in [-0.4, -0.2) is 22.3 Å². The molecule has 2 atom stereocenters. The minimum absolute atomic E-state index is 0. The summed E-state index contributed by atoms with van der Waals surface area (Å²) in [5.41, 5.74) is 2.47. The van der Waals surface area contributed by atoms with Gasteiger partial charge in [-0.1, -0.05) is 60.7 Å². The average Bonchev–Trinajstić information content (AvgIpc) is 2.99. The largest absolute Gasteiger partial charge is 0.311 e. The predicted octanol–water partition coefficient (Wildman–Crippen LogP) is 7.72. The van der Waals surface area contributed by atoms with Gasteiger partial charge in [-0.05, 0) is 46.5 Å². The summed E-state index contributed by atoms with van der Waals surface area (Å²) in [4.78, 5) is 21.5. The minimum Gasteiger partial charge on any atom is -0.311 e. The molecule has 2 N–H and O–H groups in total. The third-order valence-corrected chi connectivity index (χ3v) is 8.41. The van der Waals surface area contributed by atoms with Crippen LogP contribution in [0.1, 0.15) is 22.3 Å². The molecule has 9 nitrogen and oxygen atoms in total. The molecule has 4 aromatic rings. The molecule has 0 amide bonds. The lowest BCUT2D eigenvalue weighted by Gasteiger charge is -2.32. The molecule has 0 aliphatic heterocycles. The van der Waals surface area contributed by atoms with Gasteiger partial charge in [-0.25, -0.2) is 3.63 Å². The van der Waals surface area contributed by atoms with Crippen molar-refractivity contribution >= 4 is 60.3 Å². The highest BCUT2D eigenvalue weighted by Crippen LogP contribution is 2.49. The van der Waals surface area contributed by atoms with Crippen molar-refractivity contribution in [3.8, 4) is 0 Å².